The normalized spacial score (nSPS) is 14.5. The standard InChI is InChI=1S/C89H152O17P2/c1-5-9-13-17-21-25-29-33-37-39-41-43-47-50-54-58-62-66-70-74-87(92)100-80-84(105-88(93)75-71-67-63-59-55-51-46-36-32-28-24-20-16-12-8-4)81-103-107(95,96)101-77-83(90)78-102-108(97,98)104-82-85(79-99-86(91)73-69-65-61-57-53-49-45-35-31-27-23-19-15-11-7-3)106-89(94)76-72-68-64-60-56-52-48-44-42-40-38-34-30-26-22-18-14-10-6-2/h21-22,25-26,33-35,37-38,41-45,50,52,54,56,62,64,66,68,83-85,90H,5-20,23-24,27-32,36,39-40,46-49,51,53,55,57-61,63,65,67,69-82H2,1-4H3,(H,95,96)(H,97,98)/b25-21-,26-22-,37-33-,38-34-,43-41-,44-42-,45-35-,54-50-,56-52-,66-62-,68-64-/t83-,84-,85-/m1/s1. The minimum absolute atomic E-state index is 0.0335. The van der Waals surface area contributed by atoms with Crippen LogP contribution in [0.15, 0.2) is 134 Å². The van der Waals surface area contributed by atoms with Crippen molar-refractivity contribution in [2.75, 3.05) is 39.6 Å². The molecule has 108 heavy (non-hydrogen) atoms. The van der Waals surface area contributed by atoms with Crippen molar-refractivity contribution in [1.82, 2.24) is 0 Å². The molecule has 3 N–H and O–H groups in total. The van der Waals surface area contributed by atoms with Gasteiger partial charge in [-0.3, -0.25) is 37.3 Å². The van der Waals surface area contributed by atoms with E-state index in [2.05, 4.69) is 131 Å². The lowest BCUT2D eigenvalue weighted by Crippen LogP contribution is -2.30. The first-order valence-corrected chi connectivity index (χ1v) is 45.4. The SMILES string of the molecule is CCCCC/C=C\C/C=C\C/C=C\C/C=C\C/C=C\CCC(=O)OC[C@H](COP(=O)(O)OC[C@@H](O)COP(=O)(O)OC[C@@H](COC(=O)CCCCCCC/C=C\CCCCCCCC)OC(=O)CC/C=C\C/C=C\C/C=C\C/C=C\C/C=C\CCCCC)OC(=O)CCCCCCCCCCCCCCCCC. The number of phosphoric ester groups is 2. The molecule has 0 bridgehead atoms. The summed E-state index contributed by atoms with van der Waals surface area (Å²) in [6.45, 7) is 4.68. The Hall–Kier alpha value is -4.80. The highest BCUT2D eigenvalue weighted by Crippen LogP contribution is 2.45. The molecule has 0 spiro atoms. The van der Waals surface area contributed by atoms with Crippen LogP contribution < -0.4 is 0 Å². The topological polar surface area (TPSA) is 237 Å². The van der Waals surface area contributed by atoms with Crippen LogP contribution in [0, 0.1) is 0 Å². The quantitative estimate of drug-likeness (QED) is 0.0169. The lowest BCUT2D eigenvalue weighted by atomic mass is 10.0. The number of aliphatic hydroxyl groups is 1. The van der Waals surface area contributed by atoms with Gasteiger partial charge in [-0.15, -0.1) is 0 Å². The molecule has 17 nitrogen and oxygen atoms in total. The van der Waals surface area contributed by atoms with Gasteiger partial charge in [-0.05, 0) is 128 Å². The second-order valence-corrected chi connectivity index (χ2v) is 31.0. The molecule has 0 aromatic rings. The molecular weight excluding hydrogens is 1400 g/mol. The second kappa shape index (κ2) is 80.3. The molecule has 0 radical (unpaired) electrons. The van der Waals surface area contributed by atoms with Crippen LogP contribution >= 0.6 is 15.6 Å². The minimum atomic E-state index is -5.01. The van der Waals surface area contributed by atoms with Crippen LogP contribution in [-0.2, 0) is 65.4 Å². The Kier molecular flexibility index (Phi) is 76.7. The van der Waals surface area contributed by atoms with Crippen molar-refractivity contribution in [2.24, 2.45) is 0 Å². The number of rotatable bonds is 79. The lowest BCUT2D eigenvalue weighted by molar-refractivity contribution is -0.161. The summed E-state index contributed by atoms with van der Waals surface area (Å²) in [4.78, 5) is 73.1. The summed E-state index contributed by atoms with van der Waals surface area (Å²) in [6.07, 6.45) is 91.6. The summed E-state index contributed by atoms with van der Waals surface area (Å²) in [5.74, 6) is -2.37. The number of ether oxygens (including phenoxy) is 4. The van der Waals surface area contributed by atoms with Gasteiger partial charge in [0.05, 0.1) is 26.4 Å². The van der Waals surface area contributed by atoms with Crippen LogP contribution in [0.25, 0.3) is 0 Å². The maximum absolute atomic E-state index is 13.1. The summed E-state index contributed by atoms with van der Waals surface area (Å²) < 4.78 is 68.6. The van der Waals surface area contributed by atoms with Crippen LogP contribution in [0.4, 0.5) is 0 Å². The molecule has 0 saturated carbocycles. The lowest BCUT2D eigenvalue weighted by Gasteiger charge is -2.21. The predicted molar refractivity (Wildman–Crippen MR) is 445 cm³/mol. The van der Waals surface area contributed by atoms with Crippen molar-refractivity contribution in [3.63, 3.8) is 0 Å². The maximum Gasteiger partial charge on any atom is 0.472 e. The first-order chi connectivity index (χ1) is 52.7. The summed E-state index contributed by atoms with van der Waals surface area (Å²) in [7, 11) is -10.0. The van der Waals surface area contributed by atoms with E-state index in [0.29, 0.717) is 38.5 Å². The second-order valence-electron chi connectivity index (χ2n) is 28.1. The molecule has 5 atom stereocenters. The molecule has 0 fully saturated rings. The van der Waals surface area contributed by atoms with Gasteiger partial charge in [-0.2, -0.15) is 0 Å². The zero-order valence-electron chi connectivity index (χ0n) is 68.0. The van der Waals surface area contributed by atoms with E-state index in [1.54, 1.807) is 0 Å². The summed E-state index contributed by atoms with van der Waals surface area (Å²) >= 11 is 0. The molecule has 19 heteroatoms. The van der Waals surface area contributed by atoms with Crippen molar-refractivity contribution < 1.29 is 80.2 Å². The van der Waals surface area contributed by atoms with Gasteiger partial charge in [0, 0.05) is 25.7 Å². The van der Waals surface area contributed by atoms with E-state index in [4.69, 9.17) is 37.0 Å². The van der Waals surface area contributed by atoms with Gasteiger partial charge in [-0.25, -0.2) is 9.13 Å². The molecule has 0 rings (SSSR count). The number of carbonyl (C=O) groups is 4. The Labute approximate surface area is 656 Å². The highest BCUT2D eigenvalue weighted by Gasteiger charge is 2.30. The summed E-state index contributed by atoms with van der Waals surface area (Å²) in [5.41, 5.74) is 0. The maximum atomic E-state index is 13.1. The van der Waals surface area contributed by atoms with Crippen LogP contribution in [0.3, 0.4) is 0 Å². The average Bonchev–Trinajstić information content (AvgIpc) is 0.914. The first-order valence-electron chi connectivity index (χ1n) is 42.4. The predicted octanol–water partition coefficient (Wildman–Crippen LogP) is 25.2. The molecule has 2 unspecified atom stereocenters. The van der Waals surface area contributed by atoms with E-state index < -0.39 is 97.5 Å². The van der Waals surface area contributed by atoms with E-state index in [9.17, 15) is 43.2 Å². The van der Waals surface area contributed by atoms with Gasteiger partial charge >= 0.3 is 39.5 Å². The third-order valence-corrected chi connectivity index (χ3v) is 19.5. The summed E-state index contributed by atoms with van der Waals surface area (Å²) in [5, 5.41) is 10.7. The van der Waals surface area contributed by atoms with Crippen molar-refractivity contribution in [1.29, 1.82) is 0 Å². The van der Waals surface area contributed by atoms with Crippen molar-refractivity contribution in [2.45, 2.75) is 367 Å². The molecule has 620 valence electrons. The van der Waals surface area contributed by atoms with Gasteiger partial charge in [0.15, 0.2) is 12.2 Å². The Balaban J connectivity index is 5.50. The Morgan fingerprint density at radius 2 is 0.472 bits per heavy atom. The number of esters is 4. The number of hydrogen-bond acceptors (Lipinski definition) is 15. The van der Waals surface area contributed by atoms with E-state index in [1.807, 2.05) is 30.4 Å². The number of phosphoric acid groups is 2. The van der Waals surface area contributed by atoms with E-state index >= 15 is 0 Å². The minimum Gasteiger partial charge on any atom is -0.462 e. The fourth-order valence-electron chi connectivity index (χ4n) is 11.1. The monoisotopic (exact) mass is 1560 g/mol. The largest absolute Gasteiger partial charge is 0.472 e. The van der Waals surface area contributed by atoms with Crippen molar-refractivity contribution >= 4 is 39.5 Å². The van der Waals surface area contributed by atoms with Gasteiger partial charge in [0.25, 0.3) is 0 Å². The summed E-state index contributed by atoms with van der Waals surface area (Å²) in [6, 6.07) is 0. The molecule has 0 amide bonds. The highest BCUT2D eigenvalue weighted by molar-refractivity contribution is 7.47. The Morgan fingerprint density at radius 1 is 0.259 bits per heavy atom. The average molecular weight is 1560 g/mol. The van der Waals surface area contributed by atoms with E-state index in [-0.39, 0.29) is 25.7 Å². The van der Waals surface area contributed by atoms with Crippen LogP contribution in [0.5, 0.6) is 0 Å². The number of carbonyl (C=O) groups excluding carboxylic acids is 4. The van der Waals surface area contributed by atoms with Crippen molar-refractivity contribution in [3.8, 4) is 0 Å². The molecule has 0 aromatic carbocycles. The van der Waals surface area contributed by atoms with Gasteiger partial charge < -0.3 is 33.8 Å². The third-order valence-electron chi connectivity index (χ3n) is 17.6. The Bertz CT molecular complexity index is 2560. The third kappa shape index (κ3) is 79.3. The molecule has 0 saturated heterocycles. The van der Waals surface area contributed by atoms with Gasteiger partial charge in [0.1, 0.15) is 19.3 Å². The smallest absolute Gasteiger partial charge is 0.462 e. The zero-order valence-corrected chi connectivity index (χ0v) is 69.8. The number of allylic oxidation sites excluding steroid dienone is 22. The van der Waals surface area contributed by atoms with Gasteiger partial charge in [-0.1, -0.05) is 328 Å². The molecule has 0 heterocycles. The number of aliphatic hydroxyl groups excluding tert-OH is 1. The fraction of sp³-hybridized carbons (Fsp3) is 0.708. The van der Waals surface area contributed by atoms with Gasteiger partial charge in [0.2, 0.25) is 0 Å². The number of hydrogen-bond donors (Lipinski definition) is 3. The van der Waals surface area contributed by atoms with Crippen LogP contribution in [-0.4, -0.2) is 96.7 Å². The molecule has 0 aliphatic carbocycles. The van der Waals surface area contributed by atoms with Crippen LogP contribution in [0.1, 0.15) is 349 Å². The molecule has 0 aromatic heterocycles. The number of unbranched alkanes of at least 4 members (excludes halogenated alkanes) is 31. The van der Waals surface area contributed by atoms with E-state index in [1.165, 1.54) is 141 Å². The zero-order chi connectivity index (χ0) is 78.9. The first kappa shape index (κ1) is 103. The van der Waals surface area contributed by atoms with E-state index in [0.717, 1.165) is 116 Å². The highest BCUT2D eigenvalue weighted by atomic mass is 31.2. The Morgan fingerprint density at radius 3 is 0.796 bits per heavy atom. The molecule has 0 aliphatic heterocycles. The fourth-order valence-corrected chi connectivity index (χ4v) is 12.7. The van der Waals surface area contributed by atoms with Crippen molar-refractivity contribution in [3.05, 3.63) is 134 Å². The molecular formula is C89H152O17P2. The molecule has 0 aliphatic rings. The van der Waals surface area contributed by atoms with Crippen LogP contribution in [0.2, 0.25) is 0 Å².